The maximum Gasteiger partial charge on any atom is 0.437 e. The number of amides is 1. The number of ether oxygens (including phenoxy) is 2. The lowest BCUT2D eigenvalue weighted by molar-refractivity contribution is 0.0599. The molecule has 82 valence electrons. The van der Waals surface area contributed by atoms with Crippen LogP contribution in [0.3, 0.4) is 0 Å². The average molecular weight is 201 g/mol. The Labute approximate surface area is 85.3 Å². The van der Waals surface area contributed by atoms with E-state index in [1.807, 2.05) is 6.92 Å². The predicted molar refractivity (Wildman–Crippen MR) is 55.6 cm³/mol. The minimum Gasteiger partial charge on any atom is -0.481 e. The fourth-order valence-corrected chi connectivity index (χ4v) is 0.695. The summed E-state index contributed by atoms with van der Waals surface area (Å²) in [5.74, 6) is 0.348. The van der Waals surface area contributed by atoms with E-state index in [9.17, 15) is 4.79 Å². The third-order valence-corrected chi connectivity index (χ3v) is 1.16. The van der Waals surface area contributed by atoms with Gasteiger partial charge in [-0.25, -0.2) is 4.79 Å². The molecule has 0 unspecified atom stereocenters. The molecule has 0 saturated heterocycles. The predicted octanol–water partition coefficient (Wildman–Crippen LogP) is 2.77. The quantitative estimate of drug-likeness (QED) is 0.510. The third kappa shape index (κ3) is 7.58. The van der Waals surface area contributed by atoms with Crippen LogP contribution in [-0.2, 0) is 9.47 Å². The van der Waals surface area contributed by atoms with Gasteiger partial charge in [0.25, 0.3) is 0 Å². The van der Waals surface area contributed by atoms with Gasteiger partial charge in [0.15, 0.2) is 5.90 Å². The van der Waals surface area contributed by atoms with E-state index < -0.39 is 11.7 Å². The van der Waals surface area contributed by atoms with Crippen molar-refractivity contribution in [2.45, 2.75) is 46.6 Å². The second-order valence-corrected chi connectivity index (χ2v) is 3.96. The Morgan fingerprint density at radius 2 is 1.93 bits per heavy atom. The topological polar surface area (TPSA) is 47.9 Å². The highest BCUT2D eigenvalue weighted by molar-refractivity contribution is 5.86. The van der Waals surface area contributed by atoms with E-state index in [4.69, 9.17) is 9.47 Å². The van der Waals surface area contributed by atoms with Crippen molar-refractivity contribution in [1.82, 2.24) is 0 Å². The Morgan fingerprint density at radius 3 is 2.36 bits per heavy atom. The first kappa shape index (κ1) is 12.9. The standard InChI is InChI=1S/C10H19NO3/c1-6-7-13-8(2)11-9(12)14-10(3,4)5/h6-7H2,1-5H3/b11-8+. The van der Waals surface area contributed by atoms with Crippen LogP contribution in [0.2, 0.25) is 0 Å². The molecule has 0 aliphatic rings. The third-order valence-electron chi connectivity index (χ3n) is 1.16. The molecular formula is C10H19NO3. The fraction of sp³-hybridized carbons (Fsp3) is 0.800. The van der Waals surface area contributed by atoms with Crippen LogP contribution >= 0.6 is 0 Å². The first-order valence-electron chi connectivity index (χ1n) is 4.76. The minimum absolute atomic E-state index is 0.348. The van der Waals surface area contributed by atoms with E-state index in [0.29, 0.717) is 12.5 Å². The number of hydrogen-bond acceptors (Lipinski definition) is 3. The van der Waals surface area contributed by atoms with Gasteiger partial charge in [-0.2, -0.15) is 0 Å². The van der Waals surface area contributed by atoms with Gasteiger partial charge < -0.3 is 9.47 Å². The molecule has 0 aromatic rings. The van der Waals surface area contributed by atoms with Gasteiger partial charge in [0, 0.05) is 6.92 Å². The molecule has 4 nitrogen and oxygen atoms in total. The maximum absolute atomic E-state index is 11.1. The van der Waals surface area contributed by atoms with Gasteiger partial charge in [-0.1, -0.05) is 6.92 Å². The Hall–Kier alpha value is -1.06. The number of nitrogens with zero attached hydrogens (tertiary/aromatic N) is 1. The summed E-state index contributed by atoms with van der Waals surface area (Å²) in [7, 11) is 0. The molecule has 0 spiro atoms. The largest absolute Gasteiger partial charge is 0.481 e. The first-order valence-corrected chi connectivity index (χ1v) is 4.76. The molecule has 0 aromatic carbocycles. The zero-order chi connectivity index (χ0) is 11.2. The molecule has 0 rings (SSSR count). The molecule has 0 atom stereocenters. The van der Waals surface area contributed by atoms with Crippen LogP contribution in [-0.4, -0.2) is 24.2 Å². The van der Waals surface area contributed by atoms with E-state index in [1.165, 1.54) is 0 Å². The number of aliphatic imine (C=N–C) groups is 1. The lowest BCUT2D eigenvalue weighted by Gasteiger charge is -2.17. The fourth-order valence-electron chi connectivity index (χ4n) is 0.695. The second-order valence-electron chi connectivity index (χ2n) is 3.96. The van der Waals surface area contributed by atoms with Crippen molar-refractivity contribution in [3.63, 3.8) is 0 Å². The van der Waals surface area contributed by atoms with Gasteiger partial charge in [0.1, 0.15) is 5.60 Å². The Kier molecular flexibility index (Phi) is 5.20. The molecule has 0 bridgehead atoms. The zero-order valence-electron chi connectivity index (χ0n) is 9.59. The molecule has 1 amide bonds. The second kappa shape index (κ2) is 5.62. The van der Waals surface area contributed by atoms with Crippen molar-refractivity contribution in [1.29, 1.82) is 0 Å². The van der Waals surface area contributed by atoms with Crippen molar-refractivity contribution >= 4 is 12.0 Å². The van der Waals surface area contributed by atoms with Crippen molar-refractivity contribution in [3.8, 4) is 0 Å². The number of rotatable bonds is 2. The van der Waals surface area contributed by atoms with Crippen molar-refractivity contribution in [2.75, 3.05) is 6.61 Å². The van der Waals surface area contributed by atoms with Crippen LogP contribution in [0.5, 0.6) is 0 Å². The molecule has 0 aliphatic carbocycles. The number of hydrogen-bond donors (Lipinski definition) is 0. The highest BCUT2D eigenvalue weighted by Crippen LogP contribution is 2.08. The van der Waals surface area contributed by atoms with Gasteiger partial charge in [-0.15, -0.1) is 4.99 Å². The van der Waals surface area contributed by atoms with Crippen LogP contribution in [0.1, 0.15) is 41.0 Å². The highest BCUT2D eigenvalue weighted by Gasteiger charge is 2.15. The molecule has 14 heavy (non-hydrogen) atoms. The highest BCUT2D eigenvalue weighted by atomic mass is 16.6. The molecule has 4 heteroatoms. The Bertz CT molecular complexity index is 216. The van der Waals surface area contributed by atoms with Crippen molar-refractivity contribution in [2.24, 2.45) is 4.99 Å². The molecular weight excluding hydrogens is 182 g/mol. The lowest BCUT2D eigenvalue weighted by atomic mass is 10.2. The molecule has 0 saturated carbocycles. The van der Waals surface area contributed by atoms with E-state index in [1.54, 1.807) is 27.7 Å². The smallest absolute Gasteiger partial charge is 0.437 e. The van der Waals surface area contributed by atoms with Crippen LogP contribution in [0, 0.1) is 0 Å². The molecule has 0 aromatic heterocycles. The summed E-state index contributed by atoms with van der Waals surface area (Å²) in [5.41, 5.74) is -0.508. The monoisotopic (exact) mass is 201 g/mol. The Morgan fingerprint density at radius 1 is 1.36 bits per heavy atom. The SMILES string of the molecule is CCCO/C(C)=N/C(=O)OC(C)(C)C. The Balaban J connectivity index is 4.02. The van der Waals surface area contributed by atoms with Gasteiger partial charge >= 0.3 is 6.09 Å². The number of carbonyl (C=O) groups excluding carboxylic acids is 1. The van der Waals surface area contributed by atoms with E-state index in [-0.39, 0.29) is 0 Å². The van der Waals surface area contributed by atoms with E-state index in [2.05, 4.69) is 4.99 Å². The molecule has 0 radical (unpaired) electrons. The van der Waals surface area contributed by atoms with Gasteiger partial charge in [0.05, 0.1) is 6.61 Å². The molecule has 0 N–H and O–H groups in total. The summed E-state index contributed by atoms with van der Waals surface area (Å²) < 4.78 is 10.1. The summed E-state index contributed by atoms with van der Waals surface area (Å²) in [6.45, 7) is 9.58. The van der Waals surface area contributed by atoms with E-state index in [0.717, 1.165) is 6.42 Å². The van der Waals surface area contributed by atoms with Crippen molar-refractivity contribution < 1.29 is 14.3 Å². The summed E-state index contributed by atoms with van der Waals surface area (Å²) in [6.07, 6.45) is 0.285. The lowest BCUT2D eigenvalue weighted by Crippen LogP contribution is -2.22. The summed E-state index contributed by atoms with van der Waals surface area (Å²) in [5, 5.41) is 0. The van der Waals surface area contributed by atoms with Crippen LogP contribution in [0.25, 0.3) is 0 Å². The van der Waals surface area contributed by atoms with Crippen LogP contribution in [0.4, 0.5) is 4.79 Å². The van der Waals surface area contributed by atoms with E-state index >= 15 is 0 Å². The summed E-state index contributed by atoms with van der Waals surface area (Å²) >= 11 is 0. The zero-order valence-corrected chi connectivity index (χ0v) is 9.59. The molecule has 0 heterocycles. The number of carbonyl (C=O) groups is 1. The van der Waals surface area contributed by atoms with Gasteiger partial charge in [-0.3, -0.25) is 0 Å². The minimum atomic E-state index is -0.605. The summed E-state index contributed by atoms with van der Waals surface area (Å²) in [4.78, 5) is 14.8. The van der Waals surface area contributed by atoms with Gasteiger partial charge in [-0.05, 0) is 27.2 Å². The van der Waals surface area contributed by atoms with Crippen LogP contribution < -0.4 is 0 Å². The molecule has 0 fully saturated rings. The van der Waals surface area contributed by atoms with Crippen molar-refractivity contribution in [3.05, 3.63) is 0 Å². The van der Waals surface area contributed by atoms with Crippen LogP contribution in [0.15, 0.2) is 4.99 Å². The van der Waals surface area contributed by atoms with Gasteiger partial charge in [0.2, 0.25) is 0 Å². The molecule has 0 aliphatic heterocycles. The first-order chi connectivity index (χ1) is 6.35. The average Bonchev–Trinajstić information content (AvgIpc) is 1.96. The maximum atomic E-state index is 11.1. The summed E-state index contributed by atoms with van der Waals surface area (Å²) in [6, 6.07) is 0. The normalized spacial score (nSPS) is 12.5.